The first kappa shape index (κ1) is 32.5. The smallest absolute Gasteiger partial charge is 0.269 e. The molecule has 0 radical (unpaired) electrons. The highest BCUT2D eigenvalue weighted by Gasteiger charge is 2.91. The van der Waals surface area contributed by atoms with Crippen LogP contribution in [0.3, 0.4) is 0 Å². The third-order valence-electron chi connectivity index (χ3n) is 6.53. The second kappa shape index (κ2) is 8.74. The zero-order valence-corrected chi connectivity index (χ0v) is 23.6. The number of ketones is 4. The Hall–Kier alpha value is -1.56. The van der Waals surface area contributed by atoms with E-state index in [-0.39, 0.29) is 0 Å². The second-order valence-corrected chi connectivity index (χ2v) is 13.9. The fraction of sp³-hybridized carbons (Fsp3) is 0.846. The van der Waals surface area contributed by atoms with E-state index in [1.165, 1.54) is 83.1 Å². The Morgan fingerprint density at radius 1 is 0.611 bits per heavy atom. The number of aliphatic hydroxyl groups is 5. The molecule has 10 heteroatoms. The first-order valence-electron chi connectivity index (χ1n) is 11.9. The molecular formula is C26H44O10. The lowest BCUT2D eigenvalue weighted by atomic mass is 9.54. The molecule has 1 fully saturated rings. The van der Waals surface area contributed by atoms with Crippen LogP contribution in [0.1, 0.15) is 83.1 Å². The van der Waals surface area contributed by atoms with Crippen molar-refractivity contribution >= 4 is 23.1 Å². The van der Waals surface area contributed by atoms with Gasteiger partial charge >= 0.3 is 0 Å². The van der Waals surface area contributed by atoms with Crippen LogP contribution in [0.2, 0.25) is 0 Å². The highest BCUT2D eigenvalue weighted by Crippen LogP contribution is 2.60. The first-order chi connectivity index (χ1) is 15.6. The second-order valence-electron chi connectivity index (χ2n) is 13.9. The van der Waals surface area contributed by atoms with Crippen molar-refractivity contribution in [3.8, 4) is 0 Å². The molecule has 0 saturated carbocycles. The van der Waals surface area contributed by atoms with Crippen LogP contribution in [0.25, 0.3) is 0 Å². The van der Waals surface area contributed by atoms with E-state index in [2.05, 4.69) is 0 Å². The van der Waals surface area contributed by atoms with E-state index in [1.54, 1.807) is 0 Å². The van der Waals surface area contributed by atoms with Crippen LogP contribution in [0.4, 0.5) is 0 Å². The lowest BCUT2D eigenvalue weighted by Crippen LogP contribution is -2.81. The molecule has 0 spiro atoms. The fourth-order valence-corrected chi connectivity index (χ4v) is 4.71. The summed E-state index contributed by atoms with van der Waals surface area (Å²) < 4.78 is 5.63. The highest BCUT2D eigenvalue weighted by atomic mass is 16.7. The van der Waals surface area contributed by atoms with Crippen LogP contribution in [0.15, 0.2) is 0 Å². The third-order valence-corrected chi connectivity index (χ3v) is 6.53. The average Bonchev–Trinajstić information content (AvgIpc) is 2.86. The number of carbonyl (C=O) groups is 4. The molecule has 1 aliphatic heterocycles. The maximum Gasteiger partial charge on any atom is 0.269 e. The van der Waals surface area contributed by atoms with E-state index < -0.39 is 80.1 Å². The highest BCUT2D eigenvalue weighted by molar-refractivity contribution is 6.15. The molecule has 5 N–H and O–H groups in total. The maximum atomic E-state index is 14.1. The van der Waals surface area contributed by atoms with Crippen LogP contribution in [-0.4, -0.2) is 84.0 Å². The molecule has 0 aliphatic carbocycles. The van der Waals surface area contributed by atoms with Gasteiger partial charge in [0.2, 0.25) is 17.0 Å². The Morgan fingerprint density at radius 2 is 0.917 bits per heavy atom. The largest absolute Gasteiger partial charge is 0.394 e. The predicted molar refractivity (Wildman–Crippen MR) is 130 cm³/mol. The molecule has 0 aromatic heterocycles. The minimum atomic E-state index is -3.77. The van der Waals surface area contributed by atoms with Crippen molar-refractivity contribution < 1.29 is 49.4 Å². The predicted octanol–water partition coefficient (Wildman–Crippen LogP) is 0.720. The summed E-state index contributed by atoms with van der Waals surface area (Å²) in [5, 5.41) is 57.6. The van der Waals surface area contributed by atoms with Crippen LogP contribution in [-0.2, 0) is 23.9 Å². The van der Waals surface area contributed by atoms with Gasteiger partial charge in [0.1, 0.15) is 6.10 Å². The molecule has 0 aromatic rings. The molecule has 0 unspecified atom stereocenters. The molecule has 0 amide bonds. The van der Waals surface area contributed by atoms with E-state index in [9.17, 15) is 44.7 Å². The van der Waals surface area contributed by atoms with Crippen molar-refractivity contribution in [1.29, 1.82) is 0 Å². The Kier molecular flexibility index (Phi) is 7.89. The van der Waals surface area contributed by atoms with Crippen LogP contribution in [0, 0.1) is 21.7 Å². The number of aliphatic hydroxyl groups excluding tert-OH is 2. The van der Waals surface area contributed by atoms with Crippen molar-refractivity contribution in [1.82, 2.24) is 0 Å². The van der Waals surface area contributed by atoms with Gasteiger partial charge in [-0.05, 0) is 0 Å². The van der Waals surface area contributed by atoms with Crippen LogP contribution >= 0.6 is 0 Å². The molecule has 208 valence electrons. The Morgan fingerprint density at radius 3 is 1.19 bits per heavy atom. The molecule has 1 rings (SSSR count). The summed E-state index contributed by atoms with van der Waals surface area (Å²) in [7, 11) is 0. The summed E-state index contributed by atoms with van der Waals surface area (Å²) in [5.74, 6) is -8.98. The standard InChI is InChI=1S/C26H44O10/c1-19(2,3)15(29)23(14(28)13-27)24(33,16(30)20(4,5)6)25(34,17(31)21(7,8)9)26(35,36-23)18(32)22(10,11)12/h14,27-28,33-35H,13H2,1-12H3/t14-,23-,24+,25-,26+/m1/s1. The number of carbonyl (C=O) groups excluding carboxylic acids is 4. The molecule has 1 heterocycles. The minimum absolute atomic E-state index is 1.23. The average molecular weight is 517 g/mol. The van der Waals surface area contributed by atoms with Crippen LogP contribution in [0.5, 0.6) is 0 Å². The minimum Gasteiger partial charge on any atom is -0.394 e. The molecule has 0 bridgehead atoms. The normalized spacial score (nSPS) is 32.8. The van der Waals surface area contributed by atoms with Gasteiger partial charge in [0, 0.05) is 21.7 Å². The number of ether oxygens (including phenoxy) is 1. The summed E-state index contributed by atoms with van der Waals surface area (Å²) in [6.45, 7) is 14.6. The van der Waals surface area contributed by atoms with Gasteiger partial charge in [0.05, 0.1) is 6.61 Å². The number of rotatable bonds is 6. The van der Waals surface area contributed by atoms with E-state index in [4.69, 9.17) is 4.74 Å². The quantitative estimate of drug-likeness (QED) is 0.338. The van der Waals surface area contributed by atoms with Crippen LogP contribution < -0.4 is 0 Å². The van der Waals surface area contributed by atoms with Gasteiger partial charge in [-0.25, -0.2) is 0 Å². The van der Waals surface area contributed by atoms with Crippen molar-refractivity contribution in [3.05, 3.63) is 0 Å². The first-order valence-corrected chi connectivity index (χ1v) is 11.9. The van der Waals surface area contributed by atoms with Gasteiger partial charge in [0.15, 0.2) is 23.0 Å². The summed E-state index contributed by atoms with van der Waals surface area (Å²) in [4.78, 5) is 55.7. The molecular weight excluding hydrogens is 472 g/mol. The van der Waals surface area contributed by atoms with Crippen molar-refractivity contribution in [3.63, 3.8) is 0 Å². The molecule has 5 atom stereocenters. The van der Waals surface area contributed by atoms with Gasteiger partial charge in [-0.1, -0.05) is 83.1 Å². The summed E-state index contributed by atoms with van der Waals surface area (Å²) in [6.07, 6.45) is -2.44. The number of hydrogen-bond acceptors (Lipinski definition) is 10. The van der Waals surface area contributed by atoms with Crippen molar-refractivity contribution in [2.24, 2.45) is 21.7 Å². The SMILES string of the molecule is CC(C)(C)C(=O)[C@@]1(O)[C@](O)(C(=O)C(C)(C)C)[C@](C(=O)C(C)(C)C)([C@H](O)CO)O[C@@]1(O)C(=O)C(C)(C)C. The third kappa shape index (κ3) is 4.19. The molecule has 0 aromatic carbocycles. The van der Waals surface area contributed by atoms with Crippen molar-refractivity contribution in [2.75, 3.05) is 6.61 Å². The van der Waals surface area contributed by atoms with Gasteiger partial charge < -0.3 is 30.3 Å². The topological polar surface area (TPSA) is 179 Å². The van der Waals surface area contributed by atoms with E-state index in [0.717, 1.165) is 0 Å². The Labute approximate surface area is 213 Å². The van der Waals surface area contributed by atoms with Gasteiger partial charge in [0.25, 0.3) is 5.79 Å². The lowest BCUT2D eigenvalue weighted by Gasteiger charge is -2.49. The molecule has 36 heavy (non-hydrogen) atoms. The molecule has 1 aliphatic rings. The fourth-order valence-electron chi connectivity index (χ4n) is 4.71. The van der Waals surface area contributed by atoms with Gasteiger partial charge in [-0.3, -0.25) is 19.2 Å². The number of hydrogen-bond donors (Lipinski definition) is 5. The van der Waals surface area contributed by atoms with Gasteiger partial charge in [-0.2, -0.15) is 0 Å². The summed E-state index contributed by atoms with van der Waals surface area (Å²) in [6, 6.07) is 0. The monoisotopic (exact) mass is 516 g/mol. The van der Waals surface area contributed by atoms with Crippen molar-refractivity contribution in [2.45, 2.75) is 112 Å². The lowest BCUT2D eigenvalue weighted by molar-refractivity contribution is -0.271. The zero-order chi connectivity index (χ0) is 29.3. The zero-order valence-electron chi connectivity index (χ0n) is 23.6. The Bertz CT molecular complexity index is 942. The molecule has 1 saturated heterocycles. The summed E-state index contributed by atoms with van der Waals surface area (Å²) in [5.41, 5.74) is -17.1. The van der Waals surface area contributed by atoms with E-state index in [1.807, 2.05) is 0 Å². The molecule has 10 nitrogen and oxygen atoms in total. The number of Topliss-reactive ketones (excluding diaryl/α,β-unsaturated/α-hetero) is 4. The summed E-state index contributed by atoms with van der Waals surface area (Å²) >= 11 is 0. The van der Waals surface area contributed by atoms with Gasteiger partial charge in [-0.15, -0.1) is 0 Å². The maximum absolute atomic E-state index is 14.1. The Balaban J connectivity index is 4.64. The van der Waals surface area contributed by atoms with E-state index >= 15 is 0 Å². The van der Waals surface area contributed by atoms with E-state index in [0.29, 0.717) is 0 Å².